The number of allylic oxidation sites excluding steroid dienone is 1. The van der Waals surface area contributed by atoms with E-state index in [0.29, 0.717) is 12.3 Å². The average molecular weight is 434 g/mol. The number of nitrogens with two attached hydrogens (primary N) is 1. The van der Waals surface area contributed by atoms with Gasteiger partial charge in [-0.3, -0.25) is 9.98 Å². The molecule has 0 spiro atoms. The first-order chi connectivity index (χ1) is 13.7. The van der Waals surface area contributed by atoms with Gasteiger partial charge in [-0.15, -0.1) is 16.4 Å². The molecule has 0 saturated heterocycles. The first kappa shape index (κ1) is 21.0. The Bertz CT molecular complexity index is 1080. The van der Waals surface area contributed by atoms with E-state index in [4.69, 9.17) is 10.5 Å². The van der Waals surface area contributed by atoms with Crippen LogP contribution >= 0.6 is 11.3 Å². The van der Waals surface area contributed by atoms with Gasteiger partial charge in [0.05, 0.1) is 21.1 Å². The second-order valence-electron chi connectivity index (χ2n) is 6.78. The number of nitrogens with zero attached hydrogens (tertiary/aromatic N) is 3. The van der Waals surface area contributed by atoms with Crippen molar-refractivity contribution in [1.29, 1.82) is 0 Å². The van der Waals surface area contributed by atoms with E-state index < -0.39 is 21.1 Å². The number of nitrogens with one attached hydrogen (secondary N) is 1. The van der Waals surface area contributed by atoms with Crippen molar-refractivity contribution in [3.63, 3.8) is 0 Å². The maximum atomic E-state index is 12.4. The third-order valence-corrected chi connectivity index (χ3v) is 7.58. The van der Waals surface area contributed by atoms with Crippen LogP contribution in [0.2, 0.25) is 0 Å². The van der Waals surface area contributed by atoms with E-state index in [1.165, 1.54) is 11.3 Å². The lowest BCUT2D eigenvalue weighted by atomic mass is 10.1. The van der Waals surface area contributed by atoms with Crippen LogP contribution in [0.25, 0.3) is 0 Å². The van der Waals surface area contributed by atoms with E-state index in [2.05, 4.69) is 27.2 Å². The zero-order valence-electron chi connectivity index (χ0n) is 16.4. The van der Waals surface area contributed by atoms with Crippen LogP contribution in [0.4, 0.5) is 0 Å². The van der Waals surface area contributed by atoms with Crippen molar-refractivity contribution in [2.45, 2.75) is 38.5 Å². The third kappa shape index (κ3) is 4.33. The predicted molar refractivity (Wildman–Crippen MR) is 118 cm³/mol. The molecular formula is C19H23N5O3S2. The number of hydrogen-bond donors (Lipinski definition) is 2. The molecule has 0 fully saturated rings. The van der Waals surface area contributed by atoms with Crippen molar-refractivity contribution in [2.24, 2.45) is 20.8 Å². The van der Waals surface area contributed by atoms with Crippen molar-refractivity contribution in [2.75, 3.05) is 0 Å². The van der Waals surface area contributed by atoms with Crippen molar-refractivity contribution < 1.29 is 13.2 Å². The Labute approximate surface area is 174 Å². The summed E-state index contributed by atoms with van der Waals surface area (Å²) >= 11 is 1.51. The summed E-state index contributed by atoms with van der Waals surface area (Å²) in [6.45, 7) is 8.79. The molecule has 3 rings (SSSR count). The fraction of sp³-hybridized carbons (Fsp3) is 0.316. The second kappa shape index (κ2) is 8.34. The van der Waals surface area contributed by atoms with Crippen LogP contribution in [0.1, 0.15) is 30.7 Å². The monoisotopic (exact) mass is 433 g/mol. The quantitative estimate of drug-likeness (QED) is 0.528. The molecule has 0 saturated carbocycles. The minimum atomic E-state index is -3.38. The van der Waals surface area contributed by atoms with Gasteiger partial charge in [0.25, 0.3) is 5.90 Å². The van der Waals surface area contributed by atoms with E-state index in [0.717, 1.165) is 10.4 Å². The Balaban J connectivity index is 1.84. The summed E-state index contributed by atoms with van der Waals surface area (Å²) < 4.78 is 30.6. The Morgan fingerprint density at radius 3 is 2.86 bits per heavy atom. The van der Waals surface area contributed by atoms with E-state index in [1.807, 2.05) is 18.4 Å². The molecule has 2 heterocycles. The lowest BCUT2D eigenvalue weighted by Crippen LogP contribution is -2.23. The highest BCUT2D eigenvalue weighted by Gasteiger charge is 2.25. The molecule has 1 aromatic heterocycles. The van der Waals surface area contributed by atoms with E-state index in [1.54, 1.807) is 32.1 Å². The molecule has 1 aliphatic carbocycles. The number of ether oxygens (including phenoxy) is 1. The molecule has 10 heteroatoms. The largest absolute Gasteiger partial charge is 0.416 e. The molecule has 3 N–H and O–H groups in total. The first-order valence-corrected chi connectivity index (χ1v) is 11.4. The second-order valence-corrected chi connectivity index (χ2v) is 10.2. The molecule has 8 nitrogen and oxygen atoms in total. The highest BCUT2D eigenvalue weighted by molar-refractivity contribution is 7.96. The number of hydrazone groups is 1. The number of hydrogen-bond acceptors (Lipinski definition) is 8. The zero-order valence-corrected chi connectivity index (χ0v) is 18.0. The highest BCUT2D eigenvalue weighted by atomic mass is 32.2. The van der Waals surface area contributed by atoms with Crippen LogP contribution < -0.4 is 11.2 Å². The van der Waals surface area contributed by atoms with Gasteiger partial charge in [0.1, 0.15) is 0 Å². The summed E-state index contributed by atoms with van der Waals surface area (Å²) in [5.74, 6) is 0.737. The van der Waals surface area contributed by atoms with Crippen molar-refractivity contribution in [3.05, 3.63) is 56.6 Å². The van der Waals surface area contributed by atoms with Crippen molar-refractivity contribution >= 4 is 39.6 Å². The van der Waals surface area contributed by atoms with Crippen LogP contribution in [0.3, 0.4) is 0 Å². The fourth-order valence-electron chi connectivity index (χ4n) is 2.73. The maximum absolute atomic E-state index is 12.4. The van der Waals surface area contributed by atoms with Crippen LogP contribution in [0.15, 0.2) is 61.2 Å². The summed E-state index contributed by atoms with van der Waals surface area (Å²) in [6, 6.07) is 1.55. The number of thiophene rings is 1. The van der Waals surface area contributed by atoms with Crippen LogP contribution in [0.5, 0.6) is 0 Å². The highest BCUT2D eigenvalue weighted by Crippen LogP contribution is 2.24. The molecule has 2 aliphatic rings. The van der Waals surface area contributed by atoms with E-state index in [9.17, 15) is 8.42 Å². The number of aliphatic imine (C=N–C) groups is 2. The molecule has 154 valence electrons. The minimum Gasteiger partial charge on any atom is -0.416 e. The molecule has 1 atom stereocenters. The summed E-state index contributed by atoms with van der Waals surface area (Å²) in [4.78, 5) is 9.50. The van der Waals surface area contributed by atoms with Gasteiger partial charge in [0.2, 0.25) is 5.88 Å². The Hall–Kier alpha value is -2.72. The fourth-order valence-corrected chi connectivity index (χ4v) is 4.76. The summed E-state index contributed by atoms with van der Waals surface area (Å²) in [5, 5.41) is 5.61. The summed E-state index contributed by atoms with van der Waals surface area (Å²) in [5.41, 5.74) is 10.2. The summed E-state index contributed by atoms with van der Waals surface area (Å²) in [6.07, 6.45) is 5.51. The van der Waals surface area contributed by atoms with E-state index in [-0.39, 0.29) is 22.3 Å². The maximum Gasteiger partial charge on any atom is 0.255 e. The number of rotatable bonds is 6. The Kier molecular flexibility index (Phi) is 6.04. The van der Waals surface area contributed by atoms with Crippen molar-refractivity contribution in [3.8, 4) is 0 Å². The normalized spacial score (nSPS) is 21.4. The Morgan fingerprint density at radius 1 is 1.48 bits per heavy atom. The van der Waals surface area contributed by atoms with Gasteiger partial charge >= 0.3 is 0 Å². The number of amidine groups is 1. The van der Waals surface area contributed by atoms with Gasteiger partial charge < -0.3 is 10.5 Å². The Morgan fingerprint density at radius 2 is 2.24 bits per heavy atom. The van der Waals surface area contributed by atoms with Gasteiger partial charge in [0.15, 0.2) is 21.4 Å². The molecular weight excluding hydrogens is 410 g/mol. The molecule has 0 aromatic carbocycles. The lowest BCUT2D eigenvalue weighted by molar-refractivity contribution is 0.412. The van der Waals surface area contributed by atoms with Gasteiger partial charge in [-0.1, -0.05) is 6.08 Å². The average Bonchev–Trinajstić information content (AvgIpc) is 3.31. The lowest BCUT2D eigenvalue weighted by Gasteiger charge is -2.16. The zero-order chi connectivity index (χ0) is 21.2. The van der Waals surface area contributed by atoms with Crippen LogP contribution in [0, 0.1) is 6.92 Å². The molecule has 29 heavy (non-hydrogen) atoms. The molecule has 1 aromatic rings. The molecule has 0 amide bonds. The predicted octanol–water partition coefficient (Wildman–Crippen LogP) is 2.60. The third-order valence-electron chi connectivity index (χ3n) is 4.40. The number of aryl methyl sites for hydroxylation is 1. The minimum absolute atomic E-state index is 0.0831. The SMILES string of the molecule is C=NC(C(N)=NC1C=C(S(=O)(=O)C(C)C)C=CC1)=C1NN=C(c2sccc2C)O1. The van der Waals surface area contributed by atoms with Crippen LogP contribution in [-0.2, 0) is 14.6 Å². The van der Waals surface area contributed by atoms with Crippen LogP contribution in [-0.4, -0.2) is 38.2 Å². The standard InChI is InChI=1S/C19H23N5O3S2/c1-11(2)29(25,26)14-7-5-6-13(10-14)22-17(20)15(21-4)18-23-24-19(27-18)16-12(3)8-9-28-16/h5,7-11,13,23H,4,6H2,1-3H3,(H2,20,22). The number of sulfone groups is 1. The van der Waals surface area contributed by atoms with Gasteiger partial charge in [-0.2, -0.15) is 0 Å². The van der Waals surface area contributed by atoms with Gasteiger partial charge in [-0.05, 0) is 63.1 Å². The first-order valence-electron chi connectivity index (χ1n) is 8.97. The van der Waals surface area contributed by atoms with E-state index >= 15 is 0 Å². The smallest absolute Gasteiger partial charge is 0.255 e. The summed E-state index contributed by atoms with van der Waals surface area (Å²) in [7, 11) is -3.38. The van der Waals surface area contributed by atoms with Crippen molar-refractivity contribution in [1.82, 2.24) is 5.43 Å². The molecule has 0 bridgehead atoms. The molecule has 0 radical (unpaired) electrons. The molecule has 1 aliphatic heterocycles. The van der Waals surface area contributed by atoms with Gasteiger partial charge in [0, 0.05) is 0 Å². The van der Waals surface area contributed by atoms with Gasteiger partial charge in [-0.25, -0.2) is 13.8 Å². The topological polar surface area (TPSA) is 118 Å². The molecule has 1 unspecified atom stereocenters.